The van der Waals surface area contributed by atoms with E-state index in [1.54, 1.807) is 13.2 Å². The number of ether oxygens (including phenoxy) is 2. The van der Waals surface area contributed by atoms with Crippen LogP contribution in [0.3, 0.4) is 0 Å². The van der Waals surface area contributed by atoms with Crippen molar-refractivity contribution >= 4 is 11.6 Å². The fourth-order valence-corrected chi connectivity index (χ4v) is 3.95. The van der Waals surface area contributed by atoms with Gasteiger partial charge in [0.2, 0.25) is 0 Å². The molecule has 1 saturated heterocycles. The molecule has 0 aromatic heterocycles. The molecule has 0 saturated carbocycles. The fourth-order valence-electron chi connectivity index (χ4n) is 3.95. The number of anilines is 1. The van der Waals surface area contributed by atoms with Crippen LogP contribution in [0, 0.1) is 5.92 Å². The van der Waals surface area contributed by atoms with E-state index in [-0.39, 0.29) is 11.9 Å². The van der Waals surface area contributed by atoms with Crippen LogP contribution in [0.25, 0.3) is 0 Å². The van der Waals surface area contributed by atoms with Gasteiger partial charge in [-0.15, -0.1) is 0 Å². The molecule has 30 heavy (non-hydrogen) atoms. The molecule has 1 aliphatic rings. The predicted octanol–water partition coefficient (Wildman–Crippen LogP) is 4.97. The SMILES string of the molecule is CC[C@@H](Oc1cccc(OC)c1)C(=O)N[C@H](C)c1ccc(N2CCC[C@@H](C)C2)cc1. The van der Waals surface area contributed by atoms with Gasteiger partial charge >= 0.3 is 0 Å². The second-order valence-corrected chi connectivity index (χ2v) is 8.21. The zero-order valence-electron chi connectivity index (χ0n) is 18.6. The normalized spacial score (nSPS) is 18.4. The van der Waals surface area contributed by atoms with Crippen LogP contribution in [-0.2, 0) is 4.79 Å². The molecule has 0 aliphatic carbocycles. The summed E-state index contributed by atoms with van der Waals surface area (Å²) in [5.74, 6) is 1.97. The van der Waals surface area contributed by atoms with E-state index in [0.29, 0.717) is 17.9 Å². The third-order valence-corrected chi connectivity index (χ3v) is 5.76. The number of nitrogens with zero attached hydrogens (tertiary/aromatic N) is 1. The number of benzene rings is 2. The van der Waals surface area contributed by atoms with Crippen LogP contribution in [0.15, 0.2) is 48.5 Å². The molecule has 3 atom stereocenters. The van der Waals surface area contributed by atoms with Gasteiger partial charge in [-0.05, 0) is 61.9 Å². The number of hydrogen-bond acceptors (Lipinski definition) is 4. The lowest BCUT2D eigenvalue weighted by atomic mass is 9.99. The van der Waals surface area contributed by atoms with Gasteiger partial charge in [0, 0.05) is 24.8 Å². The number of hydrogen-bond donors (Lipinski definition) is 1. The van der Waals surface area contributed by atoms with Gasteiger partial charge in [0.1, 0.15) is 11.5 Å². The van der Waals surface area contributed by atoms with Crippen LogP contribution in [0.4, 0.5) is 5.69 Å². The molecule has 162 valence electrons. The van der Waals surface area contributed by atoms with Gasteiger partial charge in [0.25, 0.3) is 5.91 Å². The number of rotatable bonds is 8. The topological polar surface area (TPSA) is 50.8 Å². The molecule has 5 nitrogen and oxygen atoms in total. The lowest BCUT2D eigenvalue weighted by Gasteiger charge is -2.33. The van der Waals surface area contributed by atoms with Gasteiger partial charge in [0.15, 0.2) is 6.10 Å². The van der Waals surface area contributed by atoms with Gasteiger partial charge in [-0.3, -0.25) is 4.79 Å². The summed E-state index contributed by atoms with van der Waals surface area (Å²) in [5, 5.41) is 3.09. The summed E-state index contributed by atoms with van der Waals surface area (Å²) in [6, 6.07) is 15.8. The number of carbonyl (C=O) groups is 1. The van der Waals surface area contributed by atoms with Crippen molar-refractivity contribution in [2.45, 2.75) is 52.2 Å². The van der Waals surface area contributed by atoms with Gasteiger partial charge < -0.3 is 19.7 Å². The zero-order chi connectivity index (χ0) is 21.5. The first-order valence-corrected chi connectivity index (χ1v) is 11.0. The average molecular weight is 411 g/mol. The van der Waals surface area contributed by atoms with Crippen molar-refractivity contribution in [3.63, 3.8) is 0 Å². The van der Waals surface area contributed by atoms with E-state index >= 15 is 0 Å². The standard InChI is InChI=1S/C25H34N2O3/c1-5-24(30-23-10-6-9-22(16-23)29-4)25(28)26-19(3)20-11-13-21(14-12-20)27-15-7-8-18(2)17-27/h6,9-14,16,18-19,24H,5,7-8,15,17H2,1-4H3,(H,26,28)/t18-,19-,24-/m1/s1. The highest BCUT2D eigenvalue weighted by atomic mass is 16.5. The molecule has 5 heteroatoms. The van der Waals surface area contributed by atoms with Crippen molar-refractivity contribution in [2.24, 2.45) is 5.92 Å². The minimum Gasteiger partial charge on any atom is -0.497 e. The predicted molar refractivity (Wildman–Crippen MR) is 121 cm³/mol. The number of amides is 1. The molecule has 1 amide bonds. The Labute approximate surface area is 180 Å². The minimum atomic E-state index is -0.548. The maximum Gasteiger partial charge on any atom is 0.261 e. The van der Waals surface area contributed by atoms with E-state index in [2.05, 4.69) is 41.4 Å². The number of nitrogens with one attached hydrogen (secondary N) is 1. The van der Waals surface area contributed by atoms with Crippen molar-refractivity contribution in [1.82, 2.24) is 5.32 Å². The zero-order valence-corrected chi connectivity index (χ0v) is 18.6. The molecular formula is C25H34N2O3. The first kappa shape index (κ1) is 22.0. The maximum absolute atomic E-state index is 12.8. The third-order valence-electron chi connectivity index (χ3n) is 5.76. The lowest BCUT2D eigenvalue weighted by molar-refractivity contribution is -0.128. The van der Waals surface area contributed by atoms with E-state index in [0.717, 1.165) is 24.6 Å². The first-order valence-electron chi connectivity index (χ1n) is 11.0. The van der Waals surface area contributed by atoms with E-state index in [1.165, 1.54) is 18.5 Å². The third kappa shape index (κ3) is 5.68. The van der Waals surface area contributed by atoms with Crippen molar-refractivity contribution in [3.8, 4) is 11.5 Å². The van der Waals surface area contributed by atoms with Gasteiger partial charge in [-0.25, -0.2) is 0 Å². The van der Waals surface area contributed by atoms with Crippen LogP contribution in [0.2, 0.25) is 0 Å². The highest BCUT2D eigenvalue weighted by molar-refractivity contribution is 5.81. The highest BCUT2D eigenvalue weighted by Crippen LogP contribution is 2.25. The monoisotopic (exact) mass is 410 g/mol. The smallest absolute Gasteiger partial charge is 0.261 e. The molecule has 1 heterocycles. The molecule has 0 unspecified atom stereocenters. The summed E-state index contributed by atoms with van der Waals surface area (Å²) in [6.07, 6.45) is 2.60. The lowest BCUT2D eigenvalue weighted by Crippen LogP contribution is -2.39. The highest BCUT2D eigenvalue weighted by Gasteiger charge is 2.21. The Morgan fingerprint density at radius 3 is 2.60 bits per heavy atom. The molecule has 1 aliphatic heterocycles. The molecule has 2 aromatic rings. The average Bonchev–Trinajstić information content (AvgIpc) is 2.77. The summed E-state index contributed by atoms with van der Waals surface area (Å²) < 4.78 is 11.1. The van der Waals surface area contributed by atoms with Crippen LogP contribution >= 0.6 is 0 Å². The Morgan fingerprint density at radius 1 is 1.20 bits per heavy atom. The van der Waals surface area contributed by atoms with Crippen LogP contribution < -0.4 is 19.7 Å². The summed E-state index contributed by atoms with van der Waals surface area (Å²) >= 11 is 0. The van der Waals surface area contributed by atoms with Gasteiger partial charge in [0.05, 0.1) is 13.2 Å². The van der Waals surface area contributed by atoms with Crippen molar-refractivity contribution < 1.29 is 14.3 Å². The number of carbonyl (C=O) groups excluding carboxylic acids is 1. The summed E-state index contributed by atoms with van der Waals surface area (Å²) in [4.78, 5) is 15.2. The Bertz CT molecular complexity index is 821. The largest absolute Gasteiger partial charge is 0.497 e. The van der Waals surface area contributed by atoms with Crippen molar-refractivity contribution in [2.75, 3.05) is 25.1 Å². The number of piperidine rings is 1. The number of methoxy groups -OCH3 is 1. The molecule has 0 spiro atoms. The van der Waals surface area contributed by atoms with Crippen LogP contribution in [0.1, 0.15) is 51.6 Å². The summed E-state index contributed by atoms with van der Waals surface area (Å²) in [7, 11) is 1.61. The molecule has 2 aromatic carbocycles. The molecule has 1 fully saturated rings. The second kappa shape index (κ2) is 10.4. The van der Waals surface area contributed by atoms with E-state index in [1.807, 2.05) is 32.0 Å². The van der Waals surface area contributed by atoms with E-state index in [4.69, 9.17) is 9.47 Å². The molecule has 0 radical (unpaired) electrons. The first-order chi connectivity index (χ1) is 14.5. The Morgan fingerprint density at radius 2 is 1.93 bits per heavy atom. The van der Waals surface area contributed by atoms with Crippen LogP contribution in [-0.4, -0.2) is 32.2 Å². The molecule has 0 bridgehead atoms. The Hall–Kier alpha value is -2.69. The maximum atomic E-state index is 12.8. The van der Waals surface area contributed by atoms with Crippen molar-refractivity contribution in [1.29, 1.82) is 0 Å². The summed E-state index contributed by atoms with van der Waals surface area (Å²) in [6.45, 7) is 8.51. The molecular weight excluding hydrogens is 376 g/mol. The van der Waals surface area contributed by atoms with Gasteiger partial charge in [-0.2, -0.15) is 0 Å². The molecule has 3 rings (SSSR count). The van der Waals surface area contributed by atoms with Crippen LogP contribution in [0.5, 0.6) is 11.5 Å². The quantitative estimate of drug-likeness (QED) is 0.668. The minimum absolute atomic E-state index is 0.0882. The molecule has 1 N–H and O–H groups in total. The Balaban J connectivity index is 1.59. The van der Waals surface area contributed by atoms with E-state index in [9.17, 15) is 4.79 Å². The Kier molecular flexibility index (Phi) is 7.61. The second-order valence-electron chi connectivity index (χ2n) is 8.21. The van der Waals surface area contributed by atoms with Gasteiger partial charge in [-0.1, -0.05) is 32.0 Å². The van der Waals surface area contributed by atoms with E-state index < -0.39 is 6.10 Å². The fraction of sp³-hybridized carbons (Fsp3) is 0.480. The van der Waals surface area contributed by atoms with Crippen molar-refractivity contribution in [3.05, 3.63) is 54.1 Å². The summed E-state index contributed by atoms with van der Waals surface area (Å²) in [5.41, 5.74) is 2.35.